The number of rotatable bonds is 6. The molecule has 0 unspecified atom stereocenters. The summed E-state index contributed by atoms with van der Waals surface area (Å²) in [7, 11) is 1.76. The molecule has 2 saturated heterocycles. The number of ether oxygens (including phenoxy) is 1. The van der Waals surface area contributed by atoms with Gasteiger partial charge in [0.05, 0.1) is 0 Å². The average Bonchev–Trinajstić information content (AvgIpc) is 3.05. The molecule has 2 atom stereocenters. The summed E-state index contributed by atoms with van der Waals surface area (Å²) in [6.07, 6.45) is 6.65. The van der Waals surface area contributed by atoms with Crippen LogP contribution in [0.3, 0.4) is 0 Å². The average molecular weight is 268 g/mol. The molecule has 0 aromatic heterocycles. The summed E-state index contributed by atoms with van der Waals surface area (Å²) in [4.78, 5) is 16.8. The van der Waals surface area contributed by atoms with Gasteiger partial charge in [-0.1, -0.05) is 6.92 Å². The number of hydrogen-bond donors (Lipinski definition) is 0. The first-order valence-electron chi connectivity index (χ1n) is 7.80. The topological polar surface area (TPSA) is 32.8 Å². The van der Waals surface area contributed by atoms with Gasteiger partial charge in [-0.15, -0.1) is 0 Å². The monoisotopic (exact) mass is 268 g/mol. The van der Waals surface area contributed by atoms with Gasteiger partial charge in [0.1, 0.15) is 0 Å². The summed E-state index contributed by atoms with van der Waals surface area (Å²) in [5.41, 5.74) is 0. The number of amides is 1. The zero-order valence-corrected chi connectivity index (χ0v) is 12.4. The molecule has 2 aliphatic rings. The Labute approximate surface area is 117 Å². The maximum Gasteiger partial charge on any atom is 0.222 e. The van der Waals surface area contributed by atoms with Crippen molar-refractivity contribution in [2.45, 2.75) is 57.5 Å². The Morgan fingerprint density at radius 1 is 1.21 bits per heavy atom. The predicted octanol–water partition coefficient (Wildman–Crippen LogP) is 1.89. The van der Waals surface area contributed by atoms with Crippen LogP contribution >= 0.6 is 0 Å². The lowest BCUT2D eigenvalue weighted by molar-refractivity contribution is -0.132. The van der Waals surface area contributed by atoms with Gasteiger partial charge in [-0.25, -0.2) is 0 Å². The molecule has 2 heterocycles. The minimum atomic E-state index is 0.339. The quantitative estimate of drug-likeness (QED) is 0.690. The van der Waals surface area contributed by atoms with Gasteiger partial charge in [0.2, 0.25) is 5.91 Å². The summed E-state index contributed by atoms with van der Waals surface area (Å²) in [6, 6.07) is 1.06. The fourth-order valence-corrected chi connectivity index (χ4v) is 3.68. The Bertz CT molecular complexity index is 296. The molecule has 4 nitrogen and oxygen atoms in total. The van der Waals surface area contributed by atoms with Crippen LogP contribution in [-0.2, 0) is 9.53 Å². The first kappa shape index (κ1) is 14.8. The van der Waals surface area contributed by atoms with E-state index in [9.17, 15) is 4.79 Å². The van der Waals surface area contributed by atoms with Crippen LogP contribution in [0, 0.1) is 0 Å². The Hall–Kier alpha value is -0.610. The lowest BCUT2D eigenvalue weighted by Gasteiger charge is -2.35. The Kier molecular flexibility index (Phi) is 5.64. The van der Waals surface area contributed by atoms with Crippen molar-refractivity contribution >= 4 is 5.91 Å². The molecule has 4 heteroatoms. The molecule has 0 aromatic rings. The highest BCUT2D eigenvalue weighted by atomic mass is 16.5. The Balaban J connectivity index is 1.92. The molecule has 0 spiro atoms. The first-order valence-corrected chi connectivity index (χ1v) is 7.80. The zero-order valence-electron chi connectivity index (χ0n) is 12.4. The first-order chi connectivity index (χ1) is 9.27. The van der Waals surface area contributed by atoms with Gasteiger partial charge in [0.15, 0.2) is 0 Å². The van der Waals surface area contributed by atoms with Crippen LogP contribution in [0.5, 0.6) is 0 Å². The van der Waals surface area contributed by atoms with Gasteiger partial charge in [0.25, 0.3) is 0 Å². The van der Waals surface area contributed by atoms with Crippen molar-refractivity contribution < 1.29 is 9.53 Å². The van der Waals surface area contributed by atoms with Crippen molar-refractivity contribution in [3.63, 3.8) is 0 Å². The minimum Gasteiger partial charge on any atom is -0.385 e. The lowest BCUT2D eigenvalue weighted by atomic mass is 10.0. The van der Waals surface area contributed by atoms with E-state index >= 15 is 0 Å². The SMILES string of the molecule is CCC(=O)N1CCC[C@H]1[C@H]1CCCN1CCCOC. The van der Waals surface area contributed by atoms with Crippen LogP contribution in [0.4, 0.5) is 0 Å². The third-order valence-electron chi connectivity index (χ3n) is 4.57. The van der Waals surface area contributed by atoms with Crippen LogP contribution < -0.4 is 0 Å². The normalized spacial score (nSPS) is 28.2. The molecule has 1 amide bonds. The Morgan fingerprint density at radius 3 is 2.68 bits per heavy atom. The maximum atomic E-state index is 12.0. The number of methoxy groups -OCH3 is 1. The van der Waals surface area contributed by atoms with Gasteiger partial charge in [-0.2, -0.15) is 0 Å². The molecule has 19 heavy (non-hydrogen) atoms. The fraction of sp³-hybridized carbons (Fsp3) is 0.933. The predicted molar refractivity (Wildman–Crippen MR) is 76.1 cm³/mol. The molecule has 0 aromatic carbocycles. The van der Waals surface area contributed by atoms with Crippen LogP contribution in [0.25, 0.3) is 0 Å². The second kappa shape index (κ2) is 7.25. The third-order valence-corrected chi connectivity index (χ3v) is 4.57. The van der Waals surface area contributed by atoms with E-state index in [-0.39, 0.29) is 0 Å². The number of carbonyl (C=O) groups is 1. The van der Waals surface area contributed by atoms with Crippen LogP contribution in [0.1, 0.15) is 45.4 Å². The molecule has 2 aliphatic heterocycles. The van der Waals surface area contributed by atoms with E-state index in [0.29, 0.717) is 24.4 Å². The van der Waals surface area contributed by atoms with Crippen LogP contribution in [-0.4, -0.2) is 61.1 Å². The molecule has 110 valence electrons. The summed E-state index contributed by atoms with van der Waals surface area (Å²) in [5, 5.41) is 0. The number of hydrogen-bond acceptors (Lipinski definition) is 3. The maximum absolute atomic E-state index is 12.0. The summed E-state index contributed by atoms with van der Waals surface area (Å²) >= 11 is 0. The highest BCUT2D eigenvalue weighted by molar-refractivity contribution is 5.76. The molecule has 0 radical (unpaired) electrons. The highest BCUT2D eigenvalue weighted by Crippen LogP contribution is 2.30. The Morgan fingerprint density at radius 2 is 1.95 bits per heavy atom. The van der Waals surface area contributed by atoms with Crippen molar-refractivity contribution in [2.75, 3.05) is 33.4 Å². The molecular weight excluding hydrogens is 240 g/mol. The number of nitrogens with zero attached hydrogens (tertiary/aromatic N) is 2. The van der Waals surface area contributed by atoms with Crippen LogP contribution in [0.15, 0.2) is 0 Å². The van der Waals surface area contributed by atoms with Gasteiger partial charge in [-0.3, -0.25) is 9.69 Å². The zero-order chi connectivity index (χ0) is 13.7. The van der Waals surface area contributed by atoms with E-state index in [4.69, 9.17) is 4.74 Å². The molecule has 2 rings (SSSR count). The number of likely N-dealkylation sites (tertiary alicyclic amines) is 2. The molecule has 0 saturated carbocycles. The second-order valence-corrected chi connectivity index (χ2v) is 5.74. The number of carbonyl (C=O) groups excluding carboxylic acids is 1. The van der Waals surface area contributed by atoms with Crippen LogP contribution in [0.2, 0.25) is 0 Å². The van der Waals surface area contributed by atoms with E-state index in [1.54, 1.807) is 7.11 Å². The molecule has 0 N–H and O–H groups in total. The smallest absolute Gasteiger partial charge is 0.222 e. The standard InChI is InChI=1S/C15H28N2O2/c1-3-15(18)17-11-5-8-14(17)13-7-4-9-16(13)10-6-12-19-2/h13-14H,3-12H2,1-2H3/t13-,14+/m1/s1. The molecule has 0 bridgehead atoms. The summed E-state index contributed by atoms with van der Waals surface area (Å²) in [5.74, 6) is 0.339. The molecular formula is C15H28N2O2. The molecule has 2 fully saturated rings. The van der Waals surface area contributed by atoms with Gasteiger partial charge in [-0.05, 0) is 38.6 Å². The van der Waals surface area contributed by atoms with Gasteiger partial charge < -0.3 is 9.64 Å². The van der Waals surface area contributed by atoms with E-state index in [1.165, 1.54) is 32.2 Å². The fourth-order valence-electron chi connectivity index (χ4n) is 3.68. The van der Waals surface area contributed by atoms with Gasteiger partial charge >= 0.3 is 0 Å². The van der Waals surface area contributed by atoms with Crippen molar-refractivity contribution in [1.82, 2.24) is 9.80 Å². The van der Waals surface area contributed by atoms with Crippen molar-refractivity contribution in [1.29, 1.82) is 0 Å². The summed E-state index contributed by atoms with van der Waals surface area (Å²) < 4.78 is 5.15. The molecule has 0 aliphatic carbocycles. The second-order valence-electron chi connectivity index (χ2n) is 5.74. The minimum absolute atomic E-state index is 0.339. The highest BCUT2D eigenvalue weighted by Gasteiger charge is 2.38. The van der Waals surface area contributed by atoms with E-state index in [1.807, 2.05) is 6.92 Å². The largest absolute Gasteiger partial charge is 0.385 e. The van der Waals surface area contributed by atoms with E-state index < -0.39 is 0 Å². The van der Waals surface area contributed by atoms with Crippen molar-refractivity contribution in [3.05, 3.63) is 0 Å². The van der Waals surface area contributed by atoms with E-state index in [2.05, 4.69) is 9.80 Å². The summed E-state index contributed by atoms with van der Waals surface area (Å²) in [6.45, 7) is 6.09. The van der Waals surface area contributed by atoms with Crippen molar-refractivity contribution in [3.8, 4) is 0 Å². The van der Waals surface area contributed by atoms with Gasteiger partial charge in [0, 0.05) is 45.3 Å². The van der Waals surface area contributed by atoms with Crippen molar-refractivity contribution in [2.24, 2.45) is 0 Å². The van der Waals surface area contributed by atoms with E-state index in [0.717, 1.165) is 26.1 Å². The lowest BCUT2D eigenvalue weighted by Crippen LogP contribution is -2.48. The third kappa shape index (κ3) is 3.48.